The summed E-state index contributed by atoms with van der Waals surface area (Å²) in [7, 11) is -4.67. The number of sulfone groups is 1. The van der Waals surface area contributed by atoms with Gasteiger partial charge in [0.15, 0.2) is 0 Å². The molecule has 0 aliphatic rings. The first-order chi connectivity index (χ1) is 12.7. The Morgan fingerprint density at radius 2 is 1.59 bits per heavy atom. The Labute approximate surface area is 157 Å². The van der Waals surface area contributed by atoms with E-state index in [2.05, 4.69) is 10.6 Å². The maximum atomic E-state index is 12.5. The number of carbonyl (C=O) groups is 1. The number of para-hydroxylation sites is 1. The summed E-state index contributed by atoms with van der Waals surface area (Å²) in [6.45, 7) is 4.40. The summed E-state index contributed by atoms with van der Waals surface area (Å²) in [6.07, 6.45) is 0. The molecule has 0 radical (unpaired) electrons. The van der Waals surface area contributed by atoms with E-state index >= 15 is 0 Å². The molecule has 0 saturated carbocycles. The second kappa shape index (κ2) is 8.94. The van der Waals surface area contributed by atoms with Crippen molar-refractivity contribution in [1.29, 1.82) is 0 Å². The number of rotatable bonds is 8. The lowest BCUT2D eigenvalue weighted by atomic mass is 10.0. The first-order valence-electron chi connectivity index (χ1n) is 8.43. The third-order valence-corrected chi connectivity index (χ3v) is 5.49. The second-order valence-electron chi connectivity index (χ2n) is 6.40. The molecule has 5 nitrogen and oxygen atoms in total. The Bertz CT molecular complexity index is 854. The predicted molar refractivity (Wildman–Crippen MR) is 101 cm³/mol. The van der Waals surface area contributed by atoms with Crippen molar-refractivity contribution in [1.82, 2.24) is 5.32 Å². The van der Waals surface area contributed by atoms with Gasteiger partial charge in [0, 0.05) is 23.8 Å². The highest BCUT2D eigenvalue weighted by atomic mass is 32.2. The summed E-state index contributed by atoms with van der Waals surface area (Å²) in [5.74, 6) is -3.66. The Kier molecular flexibility index (Phi) is 6.90. The van der Waals surface area contributed by atoms with E-state index in [9.17, 15) is 22.0 Å². The van der Waals surface area contributed by atoms with Crippen LogP contribution >= 0.6 is 0 Å². The molecular weight excluding hydrogens is 374 g/mol. The van der Waals surface area contributed by atoms with Crippen LogP contribution in [0.25, 0.3) is 0 Å². The number of halogens is 2. The van der Waals surface area contributed by atoms with Gasteiger partial charge in [-0.2, -0.15) is 8.78 Å². The molecule has 0 aliphatic carbocycles. The number of anilines is 1. The normalized spacial score (nSPS) is 12.8. The minimum absolute atomic E-state index is 0.0187. The molecular formula is C19H22F2N2O3S. The van der Waals surface area contributed by atoms with Gasteiger partial charge >= 0.3 is 5.76 Å². The van der Waals surface area contributed by atoms with Crippen LogP contribution in [0.2, 0.25) is 0 Å². The van der Waals surface area contributed by atoms with Gasteiger partial charge in [-0.05, 0) is 42.3 Å². The smallest absolute Gasteiger partial charge is 0.341 e. The fraction of sp³-hybridized carbons (Fsp3) is 0.316. The van der Waals surface area contributed by atoms with E-state index < -0.39 is 26.4 Å². The van der Waals surface area contributed by atoms with Gasteiger partial charge in [0.05, 0.1) is 4.90 Å². The zero-order chi connectivity index (χ0) is 20.0. The maximum Gasteiger partial charge on any atom is 0.341 e. The molecule has 0 bridgehead atoms. The van der Waals surface area contributed by atoms with Crippen LogP contribution in [-0.2, 0) is 9.84 Å². The van der Waals surface area contributed by atoms with E-state index in [0.29, 0.717) is 6.54 Å². The van der Waals surface area contributed by atoms with E-state index in [1.807, 2.05) is 44.2 Å². The monoisotopic (exact) mass is 396 g/mol. The summed E-state index contributed by atoms with van der Waals surface area (Å²) < 4.78 is 47.9. The SMILES string of the molecule is CC(C)C(CNC(=O)c1ccc(S(=O)(=O)C(F)F)cc1)Nc1ccccc1. The molecule has 2 aromatic carbocycles. The zero-order valence-electron chi connectivity index (χ0n) is 15.0. The van der Waals surface area contributed by atoms with Crippen LogP contribution in [0.5, 0.6) is 0 Å². The van der Waals surface area contributed by atoms with Gasteiger partial charge in [-0.1, -0.05) is 32.0 Å². The third-order valence-electron chi connectivity index (χ3n) is 4.09. The van der Waals surface area contributed by atoms with E-state index in [4.69, 9.17) is 0 Å². The molecule has 2 rings (SSSR count). The van der Waals surface area contributed by atoms with Crippen molar-refractivity contribution in [3.63, 3.8) is 0 Å². The molecule has 2 N–H and O–H groups in total. The average Bonchev–Trinajstić information content (AvgIpc) is 2.65. The largest absolute Gasteiger partial charge is 0.380 e. The first-order valence-corrected chi connectivity index (χ1v) is 9.98. The summed E-state index contributed by atoms with van der Waals surface area (Å²) in [6, 6.07) is 14.0. The van der Waals surface area contributed by atoms with Crippen LogP contribution in [0.15, 0.2) is 59.5 Å². The molecule has 0 aliphatic heterocycles. The number of nitrogens with one attached hydrogen (secondary N) is 2. The molecule has 1 amide bonds. The summed E-state index contributed by atoms with van der Waals surface area (Å²) >= 11 is 0. The molecule has 0 fully saturated rings. The highest BCUT2D eigenvalue weighted by Gasteiger charge is 2.26. The van der Waals surface area contributed by atoms with Crippen LogP contribution in [-0.4, -0.2) is 32.7 Å². The van der Waals surface area contributed by atoms with Gasteiger partial charge in [-0.3, -0.25) is 4.79 Å². The van der Waals surface area contributed by atoms with Gasteiger partial charge in [0.25, 0.3) is 5.91 Å². The van der Waals surface area contributed by atoms with E-state index in [-0.39, 0.29) is 17.5 Å². The van der Waals surface area contributed by atoms with Gasteiger partial charge < -0.3 is 10.6 Å². The molecule has 8 heteroatoms. The van der Waals surface area contributed by atoms with Gasteiger partial charge in [-0.15, -0.1) is 0 Å². The molecule has 27 heavy (non-hydrogen) atoms. The molecule has 1 atom stereocenters. The Morgan fingerprint density at radius 1 is 1.00 bits per heavy atom. The zero-order valence-corrected chi connectivity index (χ0v) is 15.8. The number of hydrogen-bond acceptors (Lipinski definition) is 4. The van der Waals surface area contributed by atoms with Crippen molar-refractivity contribution >= 4 is 21.4 Å². The highest BCUT2D eigenvalue weighted by Crippen LogP contribution is 2.18. The second-order valence-corrected chi connectivity index (χ2v) is 8.32. The van der Waals surface area contributed by atoms with Gasteiger partial charge in [0.1, 0.15) is 0 Å². The summed E-state index contributed by atoms with van der Waals surface area (Å²) in [4.78, 5) is 11.8. The molecule has 0 aromatic heterocycles. The summed E-state index contributed by atoms with van der Waals surface area (Å²) in [5.41, 5.74) is 1.14. The number of hydrogen-bond donors (Lipinski definition) is 2. The minimum atomic E-state index is -4.67. The Balaban J connectivity index is 2.01. The average molecular weight is 396 g/mol. The number of alkyl halides is 2. The van der Waals surface area contributed by atoms with Crippen molar-refractivity contribution in [2.75, 3.05) is 11.9 Å². The molecule has 1 unspecified atom stereocenters. The molecule has 2 aromatic rings. The molecule has 0 spiro atoms. The highest BCUT2D eigenvalue weighted by molar-refractivity contribution is 7.91. The van der Waals surface area contributed by atoms with E-state index in [1.54, 1.807) is 0 Å². The van der Waals surface area contributed by atoms with Gasteiger partial charge in [-0.25, -0.2) is 8.42 Å². The van der Waals surface area contributed by atoms with Crippen LogP contribution in [0.3, 0.4) is 0 Å². The van der Waals surface area contributed by atoms with Crippen molar-refractivity contribution in [3.05, 3.63) is 60.2 Å². The van der Waals surface area contributed by atoms with E-state index in [0.717, 1.165) is 17.8 Å². The minimum Gasteiger partial charge on any atom is -0.380 e. The quantitative estimate of drug-likeness (QED) is 0.716. The Hall–Kier alpha value is -2.48. The lowest BCUT2D eigenvalue weighted by Crippen LogP contribution is -2.39. The van der Waals surface area contributed by atoms with Crippen LogP contribution in [0, 0.1) is 5.92 Å². The van der Waals surface area contributed by atoms with Crippen molar-refractivity contribution < 1.29 is 22.0 Å². The number of benzene rings is 2. The fourth-order valence-corrected chi connectivity index (χ4v) is 3.13. The predicted octanol–water partition coefficient (Wildman–Crippen LogP) is 3.55. The fourth-order valence-electron chi connectivity index (χ4n) is 2.41. The van der Waals surface area contributed by atoms with Crippen molar-refractivity contribution in [2.24, 2.45) is 5.92 Å². The Morgan fingerprint density at radius 3 is 2.11 bits per heavy atom. The topological polar surface area (TPSA) is 75.3 Å². The maximum absolute atomic E-state index is 12.5. The van der Waals surface area contributed by atoms with Crippen LogP contribution in [0.1, 0.15) is 24.2 Å². The molecule has 0 saturated heterocycles. The standard InChI is InChI=1S/C19H22F2N2O3S/c1-13(2)17(23-15-6-4-3-5-7-15)12-22-18(24)14-8-10-16(11-9-14)27(25,26)19(20)21/h3-11,13,17,19,23H,12H2,1-2H3,(H,22,24). The number of amides is 1. The van der Waals surface area contributed by atoms with Crippen LogP contribution in [0.4, 0.5) is 14.5 Å². The van der Waals surface area contributed by atoms with Crippen LogP contribution < -0.4 is 10.6 Å². The summed E-state index contributed by atoms with van der Waals surface area (Å²) in [5, 5.41) is 6.13. The third kappa shape index (κ3) is 5.50. The molecule has 0 heterocycles. The van der Waals surface area contributed by atoms with Gasteiger partial charge in [0.2, 0.25) is 9.84 Å². The number of carbonyl (C=O) groups excluding carboxylic acids is 1. The lowest BCUT2D eigenvalue weighted by molar-refractivity contribution is 0.0950. The van der Waals surface area contributed by atoms with Crippen molar-refractivity contribution in [2.45, 2.75) is 30.5 Å². The van der Waals surface area contributed by atoms with E-state index in [1.165, 1.54) is 12.1 Å². The van der Waals surface area contributed by atoms with Crippen molar-refractivity contribution in [3.8, 4) is 0 Å². The first kappa shape index (κ1) is 20.8. The lowest BCUT2D eigenvalue weighted by Gasteiger charge is -2.24. The molecule has 146 valence electrons.